The van der Waals surface area contributed by atoms with Crippen molar-refractivity contribution in [3.05, 3.63) is 33.3 Å². The summed E-state index contributed by atoms with van der Waals surface area (Å²) in [7, 11) is -0.444. The average molecular weight is 298 g/mol. The van der Waals surface area contributed by atoms with Gasteiger partial charge in [-0.3, -0.25) is 10.1 Å². The van der Waals surface area contributed by atoms with Crippen molar-refractivity contribution in [2.45, 2.75) is 25.7 Å². The van der Waals surface area contributed by atoms with Gasteiger partial charge in [-0.1, -0.05) is 11.6 Å². The topological polar surface area (TPSA) is 78.6 Å². The Morgan fingerprint density at radius 1 is 1.50 bits per heavy atom. The van der Waals surface area contributed by atoms with E-state index in [1.165, 1.54) is 6.07 Å². The molecule has 1 aromatic rings. The zero-order valence-electron chi connectivity index (χ0n) is 11.3. The van der Waals surface area contributed by atoms with Crippen LogP contribution in [0.5, 0.6) is 0 Å². The average Bonchev–Trinajstić information content (AvgIpc) is 2.41. The highest BCUT2D eigenvalue weighted by Crippen LogP contribution is 2.29. The molecule has 2 rings (SSSR count). The van der Waals surface area contributed by atoms with Crippen molar-refractivity contribution >= 4 is 30.0 Å². The number of nitrogens with zero attached hydrogens (tertiary/aromatic N) is 2. The molecule has 1 aliphatic heterocycles. The molecule has 0 unspecified atom stereocenters. The summed E-state index contributed by atoms with van der Waals surface area (Å²) in [5.74, 6) is 0. The third kappa shape index (κ3) is 3.62. The van der Waals surface area contributed by atoms with Crippen LogP contribution in [0.4, 0.5) is 11.4 Å². The van der Waals surface area contributed by atoms with Crippen LogP contribution in [0.3, 0.4) is 0 Å². The molecule has 108 valence electrons. The van der Waals surface area contributed by atoms with Crippen molar-refractivity contribution in [2.75, 3.05) is 18.4 Å². The summed E-state index contributed by atoms with van der Waals surface area (Å²) in [6, 6.07) is 4.81. The first-order chi connectivity index (χ1) is 9.47. The van der Waals surface area contributed by atoms with E-state index < -0.39 is 12.0 Å². The summed E-state index contributed by atoms with van der Waals surface area (Å²) >= 11 is 5.79. The predicted octanol–water partition coefficient (Wildman–Crippen LogP) is 2.23. The maximum atomic E-state index is 11.0. The largest absolute Gasteiger partial charge is 0.437 e. The molecule has 2 N–H and O–H groups in total. The van der Waals surface area contributed by atoms with E-state index >= 15 is 0 Å². The van der Waals surface area contributed by atoms with Gasteiger partial charge >= 0.3 is 7.05 Å². The zero-order chi connectivity index (χ0) is 14.7. The maximum absolute atomic E-state index is 11.0. The Hall–Kier alpha value is -1.31. The van der Waals surface area contributed by atoms with Crippen LogP contribution in [0.1, 0.15) is 12.8 Å². The second kappa shape index (κ2) is 6.43. The number of hydrogen-bond donors (Lipinski definition) is 2. The Morgan fingerprint density at radius 2 is 2.15 bits per heavy atom. The van der Waals surface area contributed by atoms with Crippen LogP contribution in [0, 0.1) is 10.1 Å². The van der Waals surface area contributed by atoms with Gasteiger partial charge in [0.05, 0.1) is 4.92 Å². The molecule has 6 nitrogen and oxygen atoms in total. The van der Waals surface area contributed by atoms with Crippen molar-refractivity contribution in [3.63, 3.8) is 0 Å². The molecule has 1 aromatic carbocycles. The Bertz CT molecular complexity index is 493. The molecule has 0 amide bonds. The molecule has 0 spiro atoms. The van der Waals surface area contributed by atoms with Gasteiger partial charge in [0.1, 0.15) is 5.69 Å². The van der Waals surface area contributed by atoms with Crippen molar-refractivity contribution in [1.29, 1.82) is 0 Å². The summed E-state index contributed by atoms with van der Waals surface area (Å²) in [4.78, 5) is 12.6. The lowest BCUT2D eigenvalue weighted by Crippen LogP contribution is -2.45. The van der Waals surface area contributed by atoms with E-state index in [9.17, 15) is 15.1 Å². The summed E-state index contributed by atoms with van der Waals surface area (Å²) in [5.41, 5.74) is 0.491. The normalized spacial score (nSPS) is 16.9. The number of benzene rings is 1. The van der Waals surface area contributed by atoms with Gasteiger partial charge in [-0.15, -0.1) is 0 Å². The molecular weight excluding hydrogens is 280 g/mol. The SMILES string of the molecule is CB(O)N1CCC(Nc2ccc(Cl)cc2[N+](=O)[O-])CC1. The molecule has 20 heavy (non-hydrogen) atoms. The number of rotatable bonds is 4. The van der Waals surface area contributed by atoms with Gasteiger partial charge in [0.15, 0.2) is 0 Å². The van der Waals surface area contributed by atoms with Gasteiger partial charge in [0.2, 0.25) is 0 Å². The van der Waals surface area contributed by atoms with Crippen LogP contribution in [0.2, 0.25) is 11.8 Å². The van der Waals surface area contributed by atoms with Gasteiger partial charge < -0.3 is 15.2 Å². The zero-order valence-corrected chi connectivity index (χ0v) is 12.0. The molecule has 1 fully saturated rings. The van der Waals surface area contributed by atoms with E-state index in [1.54, 1.807) is 19.0 Å². The maximum Gasteiger partial charge on any atom is 0.376 e. The molecule has 0 aliphatic carbocycles. The second-order valence-electron chi connectivity index (χ2n) is 5.01. The molecule has 1 saturated heterocycles. The van der Waals surface area contributed by atoms with E-state index in [2.05, 4.69) is 5.32 Å². The summed E-state index contributed by atoms with van der Waals surface area (Å²) in [6.45, 7) is 3.30. The molecule has 1 heterocycles. The lowest BCUT2D eigenvalue weighted by Gasteiger charge is -2.33. The Labute approximate surface area is 123 Å². The molecule has 0 atom stereocenters. The number of halogens is 1. The van der Waals surface area contributed by atoms with Crippen LogP contribution >= 0.6 is 11.6 Å². The van der Waals surface area contributed by atoms with Crippen molar-refractivity contribution in [2.24, 2.45) is 0 Å². The minimum Gasteiger partial charge on any atom is -0.437 e. The van der Waals surface area contributed by atoms with E-state index in [0.29, 0.717) is 10.7 Å². The standard InChI is InChI=1S/C12H17BClN3O3/c1-13(18)16-6-4-10(5-7-16)15-11-3-2-9(14)8-12(11)17(19)20/h2-3,8,10,15,18H,4-7H2,1H3. The summed E-state index contributed by atoms with van der Waals surface area (Å²) in [5, 5.41) is 24.1. The van der Waals surface area contributed by atoms with E-state index in [4.69, 9.17) is 11.6 Å². The Balaban J connectivity index is 2.03. The van der Waals surface area contributed by atoms with Gasteiger partial charge in [-0.25, -0.2) is 0 Å². The number of nitro benzene ring substituents is 1. The third-order valence-corrected chi connectivity index (χ3v) is 3.81. The fourth-order valence-electron chi connectivity index (χ4n) is 2.42. The molecule has 0 bridgehead atoms. The molecule has 8 heteroatoms. The molecule has 0 radical (unpaired) electrons. The quantitative estimate of drug-likeness (QED) is 0.506. The second-order valence-corrected chi connectivity index (χ2v) is 5.44. The lowest BCUT2D eigenvalue weighted by molar-refractivity contribution is -0.384. The van der Waals surface area contributed by atoms with Gasteiger partial charge in [-0.05, 0) is 44.9 Å². The Morgan fingerprint density at radius 3 is 2.70 bits per heavy atom. The van der Waals surface area contributed by atoms with Crippen molar-refractivity contribution in [3.8, 4) is 0 Å². The smallest absolute Gasteiger partial charge is 0.376 e. The monoisotopic (exact) mass is 297 g/mol. The first-order valence-corrected chi connectivity index (χ1v) is 6.98. The summed E-state index contributed by atoms with van der Waals surface area (Å²) < 4.78 is 0. The minimum absolute atomic E-state index is 0.00421. The van der Waals surface area contributed by atoms with Crippen LogP contribution in [-0.2, 0) is 0 Å². The van der Waals surface area contributed by atoms with Crippen LogP contribution < -0.4 is 5.32 Å². The van der Waals surface area contributed by atoms with Crippen molar-refractivity contribution < 1.29 is 9.95 Å². The lowest BCUT2D eigenvalue weighted by atomic mass is 9.82. The molecule has 1 aliphatic rings. The number of hydrogen-bond acceptors (Lipinski definition) is 5. The third-order valence-electron chi connectivity index (χ3n) is 3.57. The number of piperidine rings is 1. The van der Waals surface area contributed by atoms with Gasteiger partial charge in [0, 0.05) is 17.1 Å². The van der Waals surface area contributed by atoms with E-state index in [-0.39, 0.29) is 11.7 Å². The Kier molecular flexibility index (Phi) is 4.85. The minimum atomic E-state index is -0.444. The molecule has 0 saturated carbocycles. The molecule has 0 aromatic heterocycles. The van der Waals surface area contributed by atoms with Gasteiger partial charge in [-0.2, -0.15) is 0 Å². The number of anilines is 1. The highest BCUT2D eigenvalue weighted by atomic mass is 35.5. The van der Waals surface area contributed by atoms with Gasteiger partial charge in [0.25, 0.3) is 5.69 Å². The van der Waals surface area contributed by atoms with E-state index in [1.807, 2.05) is 4.81 Å². The predicted molar refractivity (Wildman–Crippen MR) is 80.2 cm³/mol. The van der Waals surface area contributed by atoms with Crippen molar-refractivity contribution in [1.82, 2.24) is 4.81 Å². The highest BCUT2D eigenvalue weighted by molar-refractivity contribution is 6.45. The van der Waals surface area contributed by atoms with Crippen LogP contribution in [0.25, 0.3) is 0 Å². The van der Waals surface area contributed by atoms with E-state index in [0.717, 1.165) is 25.9 Å². The fraction of sp³-hybridized carbons (Fsp3) is 0.500. The first-order valence-electron chi connectivity index (χ1n) is 6.60. The summed E-state index contributed by atoms with van der Waals surface area (Å²) in [6.07, 6.45) is 1.68. The van der Waals surface area contributed by atoms with Crippen LogP contribution in [0.15, 0.2) is 18.2 Å². The number of nitro groups is 1. The highest BCUT2D eigenvalue weighted by Gasteiger charge is 2.25. The number of nitrogens with one attached hydrogen (secondary N) is 1. The molecular formula is C12H17BClN3O3. The first kappa shape index (κ1) is 15.1. The fourth-order valence-corrected chi connectivity index (χ4v) is 2.58. The van der Waals surface area contributed by atoms with Crippen LogP contribution in [-0.4, -0.2) is 40.9 Å².